The lowest BCUT2D eigenvalue weighted by atomic mass is 10.1. The molecule has 0 aliphatic carbocycles. The number of hydrogen-bond donors (Lipinski definition) is 3. The first-order valence-corrected chi connectivity index (χ1v) is 8.01. The largest absolute Gasteiger partial charge is 0.497 e. The molecule has 0 spiro atoms. The number of hydrogen-bond acceptors (Lipinski definition) is 4. The van der Waals surface area contributed by atoms with Crippen LogP contribution in [0.2, 0.25) is 0 Å². The quantitative estimate of drug-likeness (QED) is 0.576. The number of benzene rings is 2. The number of aryl methyl sites for hydroxylation is 2. The van der Waals surface area contributed by atoms with Gasteiger partial charge in [-0.3, -0.25) is 15.6 Å². The van der Waals surface area contributed by atoms with Crippen molar-refractivity contribution in [3.05, 3.63) is 53.1 Å². The highest BCUT2D eigenvalue weighted by molar-refractivity contribution is 7.80. The molecule has 25 heavy (non-hydrogen) atoms. The van der Waals surface area contributed by atoms with Gasteiger partial charge >= 0.3 is 0 Å². The third-order valence-electron chi connectivity index (χ3n) is 3.67. The molecule has 0 aliphatic heterocycles. The Balaban J connectivity index is 1.96. The Kier molecular flexibility index (Phi) is 6.19. The number of ether oxygens (including phenoxy) is 2. The lowest BCUT2D eigenvalue weighted by Gasteiger charge is -2.14. The number of methoxy groups -OCH3 is 2. The summed E-state index contributed by atoms with van der Waals surface area (Å²) in [6.45, 7) is 3.96. The molecule has 132 valence electrons. The molecule has 0 atom stereocenters. The summed E-state index contributed by atoms with van der Waals surface area (Å²) < 4.78 is 10.4. The fourth-order valence-electron chi connectivity index (χ4n) is 2.11. The standard InChI is InChI=1S/C18H21N3O3S/c1-11-5-6-13(7-12(11)2)17(22)20-21-18(25)19-14-8-15(23-3)10-16(9-14)24-4/h5-10H,1-4H3,(H,20,22)(H2,19,21,25). The van der Waals surface area contributed by atoms with E-state index >= 15 is 0 Å². The second-order valence-electron chi connectivity index (χ2n) is 5.43. The number of carbonyl (C=O) groups is 1. The van der Waals surface area contributed by atoms with Gasteiger partial charge in [0.05, 0.1) is 14.2 Å². The van der Waals surface area contributed by atoms with Gasteiger partial charge in [0.2, 0.25) is 0 Å². The Bertz CT molecular complexity index is 771. The van der Waals surface area contributed by atoms with Gasteiger partial charge in [0, 0.05) is 29.4 Å². The summed E-state index contributed by atoms with van der Waals surface area (Å²) in [5.41, 5.74) is 8.66. The van der Waals surface area contributed by atoms with Crippen LogP contribution in [0.5, 0.6) is 11.5 Å². The van der Waals surface area contributed by atoms with Crippen LogP contribution in [0.1, 0.15) is 21.5 Å². The van der Waals surface area contributed by atoms with E-state index in [-0.39, 0.29) is 11.0 Å². The molecule has 0 heterocycles. The number of nitrogens with one attached hydrogen (secondary N) is 3. The van der Waals surface area contributed by atoms with E-state index in [1.54, 1.807) is 38.5 Å². The van der Waals surface area contributed by atoms with Crippen molar-refractivity contribution in [2.75, 3.05) is 19.5 Å². The number of carbonyl (C=O) groups excluding carboxylic acids is 1. The summed E-state index contributed by atoms with van der Waals surface area (Å²) in [7, 11) is 3.14. The van der Waals surface area contributed by atoms with Crippen LogP contribution in [0.4, 0.5) is 5.69 Å². The first-order chi connectivity index (χ1) is 11.9. The van der Waals surface area contributed by atoms with E-state index < -0.39 is 0 Å². The van der Waals surface area contributed by atoms with Crippen LogP contribution < -0.4 is 25.6 Å². The first kappa shape index (κ1) is 18.5. The molecule has 1 amide bonds. The number of amides is 1. The molecular formula is C18H21N3O3S. The maximum atomic E-state index is 12.2. The smallest absolute Gasteiger partial charge is 0.269 e. The summed E-state index contributed by atoms with van der Waals surface area (Å²) in [4.78, 5) is 12.2. The SMILES string of the molecule is COc1cc(NC(=S)NNC(=O)c2ccc(C)c(C)c2)cc(OC)c1. The summed E-state index contributed by atoms with van der Waals surface area (Å²) in [5, 5.41) is 3.21. The lowest BCUT2D eigenvalue weighted by molar-refractivity contribution is 0.0944. The van der Waals surface area contributed by atoms with Crippen LogP contribution in [0.3, 0.4) is 0 Å². The van der Waals surface area contributed by atoms with Crippen LogP contribution in [0.15, 0.2) is 36.4 Å². The van der Waals surface area contributed by atoms with Crippen molar-refractivity contribution in [3.8, 4) is 11.5 Å². The minimum Gasteiger partial charge on any atom is -0.497 e. The van der Waals surface area contributed by atoms with Gasteiger partial charge in [-0.1, -0.05) is 6.07 Å². The van der Waals surface area contributed by atoms with E-state index in [2.05, 4.69) is 16.2 Å². The fraction of sp³-hybridized carbons (Fsp3) is 0.222. The van der Waals surface area contributed by atoms with Crippen LogP contribution in [-0.2, 0) is 0 Å². The van der Waals surface area contributed by atoms with Crippen LogP contribution >= 0.6 is 12.2 Å². The van der Waals surface area contributed by atoms with Gasteiger partial charge in [0.15, 0.2) is 5.11 Å². The average molecular weight is 359 g/mol. The van der Waals surface area contributed by atoms with E-state index in [0.29, 0.717) is 22.7 Å². The van der Waals surface area contributed by atoms with Crippen LogP contribution in [0, 0.1) is 13.8 Å². The molecule has 6 nitrogen and oxygen atoms in total. The van der Waals surface area contributed by atoms with Crippen molar-refractivity contribution in [1.82, 2.24) is 10.9 Å². The molecule has 2 rings (SSSR count). The van der Waals surface area contributed by atoms with Gasteiger partial charge in [0.1, 0.15) is 11.5 Å². The first-order valence-electron chi connectivity index (χ1n) is 7.60. The highest BCUT2D eigenvalue weighted by atomic mass is 32.1. The van der Waals surface area contributed by atoms with E-state index in [1.165, 1.54) is 0 Å². The lowest BCUT2D eigenvalue weighted by Crippen LogP contribution is -2.43. The van der Waals surface area contributed by atoms with Gasteiger partial charge in [0.25, 0.3) is 5.91 Å². The van der Waals surface area contributed by atoms with E-state index in [4.69, 9.17) is 21.7 Å². The highest BCUT2D eigenvalue weighted by Gasteiger charge is 2.08. The van der Waals surface area contributed by atoms with Crippen molar-refractivity contribution in [2.45, 2.75) is 13.8 Å². The summed E-state index contributed by atoms with van der Waals surface area (Å²) in [6.07, 6.45) is 0. The maximum Gasteiger partial charge on any atom is 0.269 e. The Morgan fingerprint density at radius 1 is 0.920 bits per heavy atom. The topological polar surface area (TPSA) is 71.6 Å². The molecule has 7 heteroatoms. The molecule has 0 radical (unpaired) electrons. The summed E-state index contributed by atoms with van der Waals surface area (Å²) in [6, 6.07) is 10.8. The number of hydrazine groups is 1. The van der Waals surface area contributed by atoms with Crippen LogP contribution in [-0.4, -0.2) is 25.2 Å². The second kappa shape index (κ2) is 8.34. The zero-order valence-corrected chi connectivity index (χ0v) is 15.4. The highest BCUT2D eigenvalue weighted by Crippen LogP contribution is 2.25. The van der Waals surface area contributed by atoms with Gasteiger partial charge < -0.3 is 14.8 Å². The Morgan fingerprint density at radius 3 is 2.12 bits per heavy atom. The molecule has 2 aromatic carbocycles. The third kappa shape index (κ3) is 5.09. The van der Waals surface area contributed by atoms with Gasteiger partial charge in [-0.25, -0.2) is 0 Å². The number of rotatable bonds is 4. The zero-order chi connectivity index (χ0) is 18.4. The van der Waals surface area contributed by atoms with Crippen molar-refractivity contribution in [1.29, 1.82) is 0 Å². The molecule has 2 aromatic rings. The van der Waals surface area contributed by atoms with E-state index in [9.17, 15) is 4.79 Å². The fourth-order valence-corrected chi connectivity index (χ4v) is 2.28. The van der Waals surface area contributed by atoms with E-state index in [1.807, 2.05) is 26.0 Å². The summed E-state index contributed by atoms with van der Waals surface area (Å²) in [5.74, 6) is 0.989. The Hall–Kier alpha value is -2.80. The Labute approximate surface area is 152 Å². The average Bonchev–Trinajstić information content (AvgIpc) is 2.61. The van der Waals surface area contributed by atoms with Gasteiger partial charge in [-0.15, -0.1) is 0 Å². The predicted octanol–water partition coefficient (Wildman–Crippen LogP) is 2.95. The number of anilines is 1. The predicted molar refractivity (Wildman–Crippen MR) is 102 cm³/mol. The molecule has 0 aromatic heterocycles. The molecule has 0 saturated heterocycles. The molecule has 0 saturated carbocycles. The third-order valence-corrected chi connectivity index (χ3v) is 3.87. The molecular weight excluding hydrogens is 338 g/mol. The van der Waals surface area contributed by atoms with Crippen molar-refractivity contribution in [2.24, 2.45) is 0 Å². The molecule has 3 N–H and O–H groups in total. The van der Waals surface area contributed by atoms with Crippen molar-refractivity contribution in [3.63, 3.8) is 0 Å². The van der Waals surface area contributed by atoms with Crippen LogP contribution in [0.25, 0.3) is 0 Å². The molecule has 0 aliphatic rings. The molecule has 0 fully saturated rings. The minimum atomic E-state index is -0.268. The normalized spacial score (nSPS) is 9.92. The van der Waals surface area contributed by atoms with E-state index in [0.717, 1.165) is 11.1 Å². The minimum absolute atomic E-state index is 0.243. The summed E-state index contributed by atoms with van der Waals surface area (Å²) >= 11 is 5.19. The van der Waals surface area contributed by atoms with Gasteiger partial charge in [-0.2, -0.15) is 0 Å². The Morgan fingerprint density at radius 2 is 1.56 bits per heavy atom. The molecule has 0 unspecified atom stereocenters. The monoisotopic (exact) mass is 359 g/mol. The van der Waals surface area contributed by atoms with Gasteiger partial charge in [-0.05, 0) is 49.3 Å². The maximum absolute atomic E-state index is 12.2. The second-order valence-corrected chi connectivity index (χ2v) is 5.84. The zero-order valence-electron chi connectivity index (χ0n) is 14.6. The van der Waals surface area contributed by atoms with Crippen molar-refractivity contribution < 1.29 is 14.3 Å². The molecule has 0 bridgehead atoms. The van der Waals surface area contributed by atoms with Crippen molar-refractivity contribution >= 4 is 28.9 Å². The number of thiocarbonyl (C=S) groups is 1.